The first kappa shape index (κ1) is 96.6. The maximum Gasteiger partial charge on any atom is 0.245 e. The molecule has 0 saturated carbocycles. The van der Waals surface area contributed by atoms with Crippen LogP contribution >= 0.6 is 0 Å². The molecule has 12 amide bonds. The summed E-state index contributed by atoms with van der Waals surface area (Å²) < 4.78 is 0. The van der Waals surface area contributed by atoms with Crippen LogP contribution in [-0.4, -0.2) is 212 Å². The smallest absolute Gasteiger partial charge is 0.245 e. The van der Waals surface area contributed by atoms with Crippen LogP contribution in [0.25, 0.3) is 10.9 Å². The van der Waals surface area contributed by atoms with Crippen LogP contribution in [0.1, 0.15) is 198 Å². The molecule has 0 unspecified atom stereocenters. The lowest BCUT2D eigenvalue weighted by Gasteiger charge is -2.31. The fourth-order valence-corrected chi connectivity index (χ4v) is 13.7. The lowest BCUT2D eigenvalue weighted by atomic mass is 10.0. The number of para-hydroxylation sites is 1. The van der Waals surface area contributed by atoms with Gasteiger partial charge in [-0.3, -0.25) is 57.5 Å². The fourth-order valence-electron chi connectivity index (χ4n) is 13.7. The van der Waals surface area contributed by atoms with E-state index < -0.39 is 143 Å². The molecule has 1 saturated heterocycles. The Hall–Kier alpha value is -8.74. The van der Waals surface area contributed by atoms with Crippen molar-refractivity contribution >= 4 is 81.8 Å². The van der Waals surface area contributed by atoms with E-state index in [2.05, 4.69) is 58.2 Å². The average Bonchev–Trinajstić information content (AvgIpc) is 1.73. The average molecular weight is 1590 g/mol. The largest absolute Gasteiger partial charge is 0.368 e. The molecule has 113 heavy (non-hydrogen) atoms. The summed E-state index contributed by atoms with van der Waals surface area (Å²) in [5.41, 5.74) is 61.4. The highest BCUT2D eigenvalue weighted by Gasteiger charge is 2.41. The number of nitrogens with one attached hydrogen (secondary N) is 11. The molecule has 4 rings (SSSR count). The van der Waals surface area contributed by atoms with Gasteiger partial charge in [-0.25, -0.2) is 0 Å². The van der Waals surface area contributed by atoms with Gasteiger partial charge in [-0.2, -0.15) is 0 Å². The number of nitrogens with two attached hydrogens (primary N) is 10. The molecule has 1 aromatic heterocycles. The highest BCUT2D eigenvalue weighted by molar-refractivity contribution is 6.00. The van der Waals surface area contributed by atoms with Crippen LogP contribution in [0.15, 0.2) is 60.8 Å². The van der Waals surface area contributed by atoms with Gasteiger partial charge in [0.25, 0.3) is 0 Å². The van der Waals surface area contributed by atoms with E-state index in [0.717, 1.165) is 10.9 Å². The van der Waals surface area contributed by atoms with Crippen molar-refractivity contribution in [1.82, 2.24) is 63.1 Å². The minimum absolute atomic E-state index is 0.0113. The number of rotatable bonds is 60. The molecule has 0 spiro atoms. The van der Waals surface area contributed by atoms with Gasteiger partial charge in [0.15, 0.2) is 0 Å². The number of primary amides is 1. The Morgan fingerprint density at radius 2 is 0.717 bits per heavy atom. The number of carbonyl (C=O) groups is 12. The van der Waals surface area contributed by atoms with E-state index in [0.29, 0.717) is 140 Å². The molecular formula is C79H136N22O12. The highest BCUT2D eigenvalue weighted by atomic mass is 16.2. The third-order valence-electron chi connectivity index (χ3n) is 20.2. The van der Waals surface area contributed by atoms with E-state index in [1.54, 1.807) is 36.5 Å². The molecular weight excluding hydrogens is 1450 g/mol. The predicted octanol–water partition coefficient (Wildman–Crippen LogP) is -1.32. The van der Waals surface area contributed by atoms with Crippen molar-refractivity contribution in [2.75, 3.05) is 58.9 Å². The van der Waals surface area contributed by atoms with E-state index in [-0.39, 0.29) is 122 Å². The summed E-state index contributed by atoms with van der Waals surface area (Å²) in [5.74, 6) is -8.36. The van der Waals surface area contributed by atoms with Gasteiger partial charge in [0, 0.05) is 36.5 Å². The molecule has 1 aliphatic heterocycles. The molecule has 1 aliphatic rings. The molecule has 2 heterocycles. The number of H-pyrrole nitrogens is 1. The van der Waals surface area contributed by atoms with Crippen molar-refractivity contribution in [2.24, 2.45) is 63.3 Å². The molecule has 34 heteroatoms. The third kappa shape index (κ3) is 35.3. The van der Waals surface area contributed by atoms with E-state index in [4.69, 9.17) is 57.3 Å². The van der Waals surface area contributed by atoms with Crippen LogP contribution < -0.4 is 111 Å². The quantitative estimate of drug-likeness (QED) is 0.0292. The molecule has 31 N–H and O–H groups in total. The second kappa shape index (κ2) is 54.9. The van der Waals surface area contributed by atoms with Gasteiger partial charge in [-0.1, -0.05) is 68.8 Å². The Bertz CT molecular complexity index is 3390. The summed E-state index contributed by atoms with van der Waals surface area (Å²) in [4.78, 5) is 178. The molecule has 0 bridgehead atoms. The summed E-state index contributed by atoms with van der Waals surface area (Å²) in [7, 11) is 0. The Labute approximate surface area is 666 Å². The topological polar surface area (TPSA) is 604 Å². The lowest BCUT2D eigenvalue weighted by molar-refractivity contribution is -0.143. The number of hydrogen-bond acceptors (Lipinski definition) is 21. The second-order valence-electron chi connectivity index (χ2n) is 30.0. The molecule has 1 fully saturated rings. The van der Waals surface area contributed by atoms with Crippen LogP contribution in [0, 0.1) is 5.92 Å². The van der Waals surface area contributed by atoms with Crippen molar-refractivity contribution in [3.63, 3.8) is 0 Å². The van der Waals surface area contributed by atoms with Crippen molar-refractivity contribution < 1.29 is 57.5 Å². The van der Waals surface area contributed by atoms with Gasteiger partial charge in [0.05, 0.1) is 6.04 Å². The summed E-state index contributed by atoms with van der Waals surface area (Å²) in [6.45, 7) is 6.09. The lowest BCUT2D eigenvalue weighted by Crippen LogP contribution is -2.60. The number of nitrogens with zero attached hydrogens (tertiary/aromatic N) is 1. The van der Waals surface area contributed by atoms with Gasteiger partial charge < -0.3 is 120 Å². The Morgan fingerprint density at radius 1 is 0.389 bits per heavy atom. The fraction of sp³-hybridized carbons (Fsp3) is 0.671. The number of carbonyl (C=O) groups excluding carboxylic acids is 12. The normalized spacial score (nSPS) is 15.7. The number of likely N-dealkylation sites (tertiary alicyclic amines) is 1. The van der Waals surface area contributed by atoms with Crippen molar-refractivity contribution in [3.05, 3.63) is 71.9 Å². The molecule has 0 radical (unpaired) electrons. The Kier molecular flexibility index (Phi) is 46.9. The maximum atomic E-state index is 15.1. The van der Waals surface area contributed by atoms with Gasteiger partial charge in [0.1, 0.15) is 66.5 Å². The predicted molar refractivity (Wildman–Crippen MR) is 436 cm³/mol. The molecule has 34 nitrogen and oxygen atoms in total. The molecule has 3 aromatic rings. The van der Waals surface area contributed by atoms with Crippen LogP contribution in [0.5, 0.6) is 0 Å². The molecule has 2 aromatic carbocycles. The first-order valence-corrected chi connectivity index (χ1v) is 41.0. The first-order chi connectivity index (χ1) is 54.4. The number of unbranched alkanes of at least 4 members (excludes halogenated alkanes) is 8. The number of fused-ring (bicyclic) bond motifs is 1. The standard InChI is InChI=1S/C79H136N22O12/c1-51(2)47-64(68(89)102)98-76(110)65(48-52-25-4-3-5-26-52)100-75(109)62(35-14-22-44-86)96-78(112)67-37-24-46-101(67)79(113)63(36-15-23-45-87)97-74(108)61(34-13-21-43-85)94-72(106)59(32-11-19-41-83)92-70(104)57(30-9-17-39-81)91-71(105)58(31-10-18-40-82)93-73(107)60(33-12-20-42-84)95-77(111)66(99-69(103)55(88)28-8-16-38-80)49-53-50-90-56-29-7-6-27-54(53)56/h3-7,25-27,29,50-51,55,57-67,90H,8-24,28,30-49,80-88H2,1-2H3,(H2,89,102)(H,91,105)(H,92,104)(H,93,107)(H,94,106)(H,95,111)(H,96,112)(H,97,108)(H,98,110)(H,99,103)(H,100,109)/t55-,57-,58-,59-,60-,61-,62-,63-,64-,65-,66-,67-/m0/s1. The second-order valence-corrected chi connectivity index (χ2v) is 30.0. The van der Waals surface area contributed by atoms with Crippen LogP contribution in [0.3, 0.4) is 0 Å². The van der Waals surface area contributed by atoms with Crippen LogP contribution in [0.4, 0.5) is 0 Å². The molecule has 634 valence electrons. The Balaban J connectivity index is 1.62. The monoisotopic (exact) mass is 1590 g/mol. The zero-order chi connectivity index (χ0) is 83.0. The maximum absolute atomic E-state index is 15.1. The van der Waals surface area contributed by atoms with Gasteiger partial charge >= 0.3 is 0 Å². The van der Waals surface area contributed by atoms with E-state index >= 15 is 4.79 Å². The number of benzene rings is 2. The summed E-state index contributed by atoms with van der Waals surface area (Å²) in [6.07, 6.45) is 10.4. The number of aromatic nitrogens is 1. The van der Waals surface area contributed by atoms with Crippen molar-refractivity contribution in [1.29, 1.82) is 0 Å². The number of hydrogen-bond donors (Lipinski definition) is 21. The van der Waals surface area contributed by atoms with Crippen LogP contribution in [-0.2, 0) is 70.4 Å². The van der Waals surface area contributed by atoms with Gasteiger partial charge in [0.2, 0.25) is 70.9 Å². The molecule has 0 aliphatic carbocycles. The van der Waals surface area contributed by atoms with E-state index in [9.17, 15) is 52.7 Å². The van der Waals surface area contributed by atoms with Gasteiger partial charge in [-0.05, 0) is 242 Å². The molecule has 12 atom stereocenters. The minimum Gasteiger partial charge on any atom is -0.368 e. The zero-order valence-corrected chi connectivity index (χ0v) is 66.8. The van der Waals surface area contributed by atoms with Crippen LogP contribution in [0.2, 0.25) is 0 Å². The minimum atomic E-state index is -1.31. The van der Waals surface area contributed by atoms with E-state index in [1.807, 2.05) is 38.1 Å². The summed E-state index contributed by atoms with van der Waals surface area (Å²) in [6, 6.07) is 1.99. The first-order valence-electron chi connectivity index (χ1n) is 41.0. The van der Waals surface area contributed by atoms with Gasteiger partial charge in [-0.15, -0.1) is 0 Å². The van der Waals surface area contributed by atoms with Crippen molar-refractivity contribution in [3.8, 4) is 0 Å². The van der Waals surface area contributed by atoms with E-state index in [1.165, 1.54) is 4.90 Å². The third-order valence-corrected chi connectivity index (χ3v) is 20.2. The van der Waals surface area contributed by atoms with Crippen molar-refractivity contribution in [2.45, 2.75) is 273 Å². The summed E-state index contributed by atoms with van der Waals surface area (Å²) >= 11 is 0. The SMILES string of the molecule is CC(C)C[C@H](NC(=O)[C@H](Cc1ccccc1)NC(=O)[C@H](CCCCN)NC(=O)[C@@H]1CCCN1C(=O)[C@H](CCCCN)NC(=O)[C@H](CCCCN)NC(=O)[C@H](CCCCN)NC(=O)[C@H](CCCCN)NC(=O)[C@H](CCCCN)NC(=O)[C@H](CCCCN)NC(=O)[C@H](Cc1c[nH]c2ccccc12)NC(=O)[C@@H](N)CCCCN)C(N)=O. The summed E-state index contributed by atoms with van der Waals surface area (Å²) in [5, 5.41) is 29.1. The number of aromatic amines is 1. The number of amides is 12. The Morgan fingerprint density at radius 3 is 1.12 bits per heavy atom. The highest BCUT2D eigenvalue weighted by Crippen LogP contribution is 2.23. The zero-order valence-electron chi connectivity index (χ0n) is 66.8.